The number of ketones is 1. The summed E-state index contributed by atoms with van der Waals surface area (Å²) in [5.74, 6) is 1.34. The molecule has 0 unspecified atom stereocenters. The third-order valence-corrected chi connectivity index (χ3v) is 8.15. The lowest BCUT2D eigenvalue weighted by Crippen LogP contribution is -2.39. The fraction of sp³-hybridized carbons (Fsp3) is 0.452. The molecule has 2 saturated heterocycles. The number of hydrogen-bond acceptors (Lipinski definition) is 8. The number of nitrogens with zero attached hydrogens (tertiary/aromatic N) is 3. The second kappa shape index (κ2) is 12.2. The molecule has 0 amide bonds. The molecule has 2 aromatic carbocycles. The molecule has 0 aliphatic carbocycles. The van der Waals surface area contributed by atoms with E-state index in [1.807, 2.05) is 12.1 Å². The van der Waals surface area contributed by atoms with Gasteiger partial charge in [0, 0.05) is 70.5 Å². The van der Waals surface area contributed by atoms with E-state index in [2.05, 4.69) is 51.5 Å². The van der Waals surface area contributed by atoms with Crippen LogP contribution in [0.25, 0.3) is 0 Å². The van der Waals surface area contributed by atoms with E-state index in [0.29, 0.717) is 23.2 Å². The summed E-state index contributed by atoms with van der Waals surface area (Å²) in [5, 5.41) is 7.93. The number of piperidine rings is 1. The third-order valence-electron chi connectivity index (χ3n) is 8.15. The molecule has 8 heteroatoms. The molecular formula is C31H37N3O5. The maximum Gasteiger partial charge on any atom is 0.238 e. The first kappa shape index (κ1) is 27.2. The van der Waals surface area contributed by atoms with Crippen LogP contribution >= 0.6 is 0 Å². The first-order valence-corrected chi connectivity index (χ1v) is 13.6. The van der Waals surface area contributed by atoms with E-state index in [1.165, 1.54) is 23.7 Å². The Hall–Kier alpha value is -3.33. The number of carbonyl (C=O) groups is 1. The monoisotopic (exact) mass is 531 g/mol. The molecule has 8 nitrogen and oxygen atoms in total. The SMILES string of the molecule is COC(OC)C1CCN(c2ccc(C3(c4ccc(Oc5ccc(C(C)=O)nn5)cc4)CCOCC3)cc2)CC1. The maximum absolute atomic E-state index is 11.4. The number of methoxy groups -OCH3 is 2. The molecule has 3 heterocycles. The van der Waals surface area contributed by atoms with Gasteiger partial charge in [-0.1, -0.05) is 24.3 Å². The van der Waals surface area contributed by atoms with Crippen molar-refractivity contribution in [2.75, 3.05) is 45.4 Å². The Balaban J connectivity index is 1.30. The van der Waals surface area contributed by atoms with Crippen molar-refractivity contribution in [2.24, 2.45) is 5.92 Å². The zero-order valence-corrected chi connectivity index (χ0v) is 23.0. The first-order chi connectivity index (χ1) is 19.0. The summed E-state index contributed by atoms with van der Waals surface area (Å²) in [7, 11) is 3.44. The smallest absolute Gasteiger partial charge is 0.238 e. The van der Waals surface area contributed by atoms with Crippen LogP contribution in [0.15, 0.2) is 60.7 Å². The van der Waals surface area contributed by atoms with Crippen molar-refractivity contribution >= 4 is 11.5 Å². The standard InChI is InChI=1S/C31H37N3O5/c1-22(35)28-12-13-29(33-32-28)39-27-10-6-25(7-11-27)31(16-20-38-21-17-31)24-4-8-26(9-5-24)34-18-14-23(15-19-34)30(36-2)37-3/h4-13,23,30H,14-21H2,1-3H3. The van der Waals surface area contributed by atoms with Crippen LogP contribution in [0, 0.1) is 5.92 Å². The van der Waals surface area contributed by atoms with E-state index >= 15 is 0 Å². The number of anilines is 1. The van der Waals surface area contributed by atoms with Crippen molar-refractivity contribution < 1.29 is 23.7 Å². The molecule has 0 saturated carbocycles. The van der Waals surface area contributed by atoms with Gasteiger partial charge in [0.1, 0.15) is 11.4 Å². The Labute approximate surface area is 230 Å². The molecule has 2 aliphatic rings. The molecular weight excluding hydrogens is 494 g/mol. The normalized spacial score (nSPS) is 17.8. The van der Waals surface area contributed by atoms with Crippen molar-refractivity contribution in [1.82, 2.24) is 10.2 Å². The number of rotatable bonds is 9. The van der Waals surface area contributed by atoms with Gasteiger partial charge in [0.2, 0.25) is 5.88 Å². The molecule has 206 valence electrons. The summed E-state index contributed by atoms with van der Waals surface area (Å²) < 4.78 is 22.6. The van der Waals surface area contributed by atoms with Gasteiger partial charge in [-0.15, -0.1) is 10.2 Å². The minimum Gasteiger partial charge on any atom is -0.438 e. The van der Waals surface area contributed by atoms with Crippen LogP contribution in [0.5, 0.6) is 11.6 Å². The van der Waals surface area contributed by atoms with E-state index in [4.69, 9.17) is 18.9 Å². The molecule has 3 aromatic rings. The summed E-state index contributed by atoms with van der Waals surface area (Å²) in [6.07, 6.45) is 3.82. The van der Waals surface area contributed by atoms with Gasteiger partial charge in [0.05, 0.1) is 0 Å². The molecule has 1 aromatic heterocycles. The fourth-order valence-corrected chi connectivity index (χ4v) is 5.89. The van der Waals surface area contributed by atoms with Crippen LogP contribution in [0.4, 0.5) is 5.69 Å². The summed E-state index contributed by atoms with van der Waals surface area (Å²) in [6, 6.07) is 20.6. The first-order valence-electron chi connectivity index (χ1n) is 13.6. The largest absolute Gasteiger partial charge is 0.438 e. The zero-order valence-electron chi connectivity index (χ0n) is 23.0. The van der Waals surface area contributed by atoms with Gasteiger partial charge in [-0.3, -0.25) is 4.79 Å². The Morgan fingerprint density at radius 3 is 2.05 bits per heavy atom. The van der Waals surface area contributed by atoms with E-state index in [9.17, 15) is 4.79 Å². The summed E-state index contributed by atoms with van der Waals surface area (Å²) in [4.78, 5) is 13.9. The van der Waals surface area contributed by atoms with Crippen molar-refractivity contribution in [1.29, 1.82) is 0 Å². The Morgan fingerprint density at radius 2 is 1.51 bits per heavy atom. The Bertz CT molecular complexity index is 1210. The van der Waals surface area contributed by atoms with E-state index in [1.54, 1.807) is 26.4 Å². The van der Waals surface area contributed by atoms with Crippen molar-refractivity contribution in [3.63, 3.8) is 0 Å². The van der Waals surface area contributed by atoms with E-state index in [0.717, 1.165) is 52.0 Å². The minimum atomic E-state index is -0.125. The molecule has 2 fully saturated rings. The van der Waals surface area contributed by atoms with Gasteiger partial charge in [-0.25, -0.2) is 0 Å². The molecule has 0 N–H and O–H groups in total. The average molecular weight is 532 g/mol. The van der Waals surface area contributed by atoms with Crippen LogP contribution in [-0.2, 0) is 19.6 Å². The fourth-order valence-electron chi connectivity index (χ4n) is 5.89. The number of benzene rings is 2. The lowest BCUT2D eigenvalue weighted by molar-refractivity contribution is -0.141. The molecule has 2 aliphatic heterocycles. The lowest BCUT2D eigenvalue weighted by atomic mass is 9.69. The number of carbonyl (C=O) groups excluding carboxylic acids is 1. The highest BCUT2D eigenvalue weighted by Crippen LogP contribution is 2.42. The highest BCUT2D eigenvalue weighted by atomic mass is 16.7. The number of Topliss-reactive ketones (excluding diaryl/α,β-unsaturated/α-hetero) is 1. The quantitative estimate of drug-likeness (QED) is 0.268. The predicted octanol–water partition coefficient (Wildman–Crippen LogP) is 5.40. The highest BCUT2D eigenvalue weighted by Gasteiger charge is 2.36. The van der Waals surface area contributed by atoms with E-state index < -0.39 is 0 Å². The molecule has 5 rings (SSSR count). The topological polar surface area (TPSA) is 83.0 Å². The number of aromatic nitrogens is 2. The van der Waals surface area contributed by atoms with Crippen LogP contribution in [-0.4, -0.2) is 62.8 Å². The van der Waals surface area contributed by atoms with Gasteiger partial charge < -0.3 is 23.8 Å². The average Bonchev–Trinajstić information content (AvgIpc) is 2.99. The Kier molecular flexibility index (Phi) is 8.55. The number of ether oxygens (including phenoxy) is 4. The lowest BCUT2D eigenvalue weighted by Gasteiger charge is -2.39. The second-order valence-electron chi connectivity index (χ2n) is 10.3. The predicted molar refractivity (Wildman–Crippen MR) is 149 cm³/mol. The van der Waals surface area contributed by atoms with Gasteiger partial charge in [0.15, 0.2) is 12.1 Å². The molecule has 39 heavy (non-hydrogen) atoms. The number of hydrogen-bond donors (Lipinski definition) is 0. The minimum absolute atomic E-state index is 0.116. The van der Waals surface area contributed by atoms with Crippen LogP contribution < -0.4 is 9.64 Å². The van der Waals surface area contributed by atoms with Crippen molar-refractivity contribution in [3.8, 4) is 11.6 Å². The van der Waals surface area contributed by atoms with Crippen LogP contribution in [0.1, 0.15) is 54.2 Å². The van der Waals surface area contributed by atoms with E-state index in [-0.39, 0.29) is 17.5 Å². The summed E-state index contributed by atoms with van der Waals surface area (Å²) in [6.45, 7) is 4.91. The summed E-state index contributed by atoms with van der Waals surface area (Å²) in [5.41, 5.74) is 4.01. The van der Waals surface area contributed by atoms with Gasteiger partial charge in [-0.05, 0) is 67.1 Å². The molecule has 0 radical (unpaired) electrons. The summed E-state index contributed by atoms with van der Waals surface area (Å²) >= 11 is 0. The Morgan fingerprint density at radius 1 is 0.897 bits per heavy atom. The van der Waals surface area contributed by atoms with Crippen LogP contribution in [0.2, 0.25) is 0 Å². The maximum atomic E-state index is 11.4. The second-order valence-corrected chi connectivity index (χ2v) is 10.3. The molecule has 0 atom stereocenters. The molecule has 0 bridgehead atoms. The van der Waals surface area contributed by atoms with Gasteiger partial charge in [0.25, 0.3) is 0 Å². The van der Waals surface area contributed by atoms with Crippen molar-refractivity contribution in [3.05, 3.63) is 77.5 Å². The molecule has 0 spiro atoms. The highest BCUT2D eigenvalue weighted by molar-refractivity contribution is 5.91. The third kappa shape index (κ3) is 5.98. The zero-order chi connectivity index (χ0) is 27.2. The van der Waals surface area contributed by atoms with Crippen molar-refractivity contribution in [2.45, 2.75) is 44.3 Å². The van der Waals surface area contributed by atoms with Gasteiger partial charge in [-0.2, -0.15) is 0 Å². The van der Waals surface area contributed by atoms with Crippen LogP contribution in [0.3, 0.4) is 0 Å². The van der Waals surface area contributed by atoms with Gasteiger partial charge >= 0.3 is 0 Å².